The number of rotatable bonds is 4. The van der Waals surface area contributed by atoms with Crippen molar-refractivity contribution in [3.8, 4) is 0 Å². The lowest BCUT2D eigenvalue weighted by molar-refractivity contribution is 0.0951. The maximum absolute atomic E-state index is 12.6. The Morgan fingerprint density at radius 2 is 1.72 bits per heavy atom. The summed E-state index contributed by atoms with van der Waals surface area (Å²) in [5.41, 5.74) is 4.87. The lowest BCUT2D eigenvalue weighted by Gasteiger charge is -2.33. The van der Waals surface area contributed by atoms with Gasteiger partial charge in [0.2, 0.25) is 0 Å². The van der Waals surface area contributed by atoms with Crippen molar-refractivity contribution in [1.29, 1.82) is 0 Å². The summed E-state index contributed by atoms with van der Waals surface area (Å²) in [7, 11) is 2.14. The summed E-state index contributed by atoms with van der Waals surface area (Å²) in [6, 6.07) is 9.48. The van der Waals surface area contributed by atoms with Crippen LogP contribution in [0.1, 0.15) is 27.3 Å². The second-order valence-corrected chi connectivity index (χ2v) is 7.60. The van der Waals surface area contributed by atoms with E-state index in [-0.39, 0.29) is 5.91 Å². The number of likely N-dealkylation sites (N-methyl/N-ethyl adjacent to an activating group) is 1. The number of carbonyl (C=O) groups is 1. The molecule has 0 bridgehead atoms. The molecule has 1 aliphatic rings. The Balaban J connectivity index is 1.39. The van der Waals surface area contributed by atoms with Crippen LogP contribution in [0.25, 0.3) is 11.0 Å². The first kappa shape index (κ1) is 19.3. The van der Waals surface area contributed by atoms with Crippen LogP contribution in [-0.4, -0.2) is 59.0 Å². The number of aryl methyl sites for hydroxylation is 2. The Labute approximate surface area is 170 Å². The van der Waals surface area contributed by atoms with Gasteiger partial charge in [-0.2, -0.15) is 0 Å². The van der Waals surface area contributed by atoms with E-state index in [9.17, 15) is 4.79 Å². The van der Waals surface area contributed by atoms with Crippen molar-refractivity contribution in [3.63, 3.8) is 0 Å². The third-order valence-electron chi connectivity index (χ3n) is 5.43. The summed E-state index contributed by atoms with van der Waals surface area (Å²) in [4.78, 5) is 30.8. The number of anilines is 1. The fourth-order valence-electron chi connectivity index (χ4n) is 3.40. The van der Waals surface area contributed by atoms with Crippen LogP contribution < -0.4 is 10.2 Å². The van der Waals surface area contributed by atoms with Crippen molar-refractivity contribution in [2.45, 2.75) is 20.4 Å². The molecule has 0 unspecified atom stereocenters. The first-order valence-electron chi connectivity index (χ1n) is 9.91. The number of benzene rings is 1. The van der Waals surface area contributed by atoms with Gasteiger partial charge < -0.3 is 15.1 Å². The van der Waals surface area contributed by atoms with E-state index in [1.165, 1.54) is 0 Å². The summed E-state index contributed by atoms with van der Waals surface area (Å²) < 4.78 is 0. The minimum Gasteiger partial charge on any atom is -0.354 e. The zero-order valence-electron chi connectivity index (χ0n) is 17.1. The maximum Gasteiger partial charge on any atom is 0.251 e. The molecule has 29 heavy (non-hydrogen) atoms. The Hall–Kier alpha value is -3.06. The molecule has 1 aliphatic heterocycles. The van der Waals surface area contributed by atoms with E-state index in [0.717, 1.165) is 60.0 Å². The van der Waals surface area contributed by atoms with Gasteiger partial charge in [-0.15, -0.1) is 0 Å². The highest BCUT2D eigenvalue weighted by Crippen LogP contribution is 2.16. The number of aromatic nitrogens is 3. The molecule has 1 N–H and O–H groups in total. The Morgan fingerprint density at radius 1 is 1.00 bits per heavy atom. The average Bonchev–Trinajstić information content (AvgIpc) is 2.73. The molecule has 150 valence electrons. The number of carbonyl (C=O) groups excluding carboxylic acids is 1. The van der Waals surface area contributed by atoms with Crippen molar-refractivity contribution in [3.05, 3.63) is 59.0 Å². The molecule has 1 fully saturated rings. The Morgan fingerprint density at radius 3 is 2.41 bits per heavy atom. The van der Waals surface area contributed by atoms with Gasteiger partial charge in [0.15, 0.2) is 0 Å². The van der Waals surface area contributed by atoms with Gasteiger partial charge in [-0.3, -0.25) is 4.79 Å². The summed E-state index contributed by atoms with van der Waals surface area (Å²) in [5, 5.41) is 2.96. The molecule has 4 rings (SSSR count). The number of piperazine rings is 1. The molecule has 3 aromatic rings. The van der Waals surface area contributed by atoms with Gasteiger partial charge in [-0.1, -0.05) is 6.07 Å². The number of nitrogens with one attached hydrogen (secondary N) is 1. The monoisotopic (exact) mass is 390 g/mol. The van der Waals surface area contributed by atoms with Crippen molar-refractivity contribution in [2.24, 2.45) is 0 Å². The second kappa shape index (κ2) is 8.13. The van der Waals surface area contributed by atoms with Crippen LogP contribution in [0.4, 0.5) is 5.82 Å². The molecule has 1 aromatic carbocycles. The normalized spacial score (nSPS) is 14.9. The van der Waals surface area contributed by atoms with Gasteiger partial charge in [0.05, 0.1) is 22.4 Å². The molecule has 0 atom stereocenters. The maximum atomic E-state index is 12.6. The average molecular weight is 390 g/mol. The van der Waals surface area contributed by atoms with Crippen LogP contribution in [0.15, 0.2) is 36.5 Å². The molecule has 7 nitrogen and oxygen atoms in total. The van der Waals surface area contributed by atoms with E-state index in [0.29, 0.717) is 12.1 Å². The fourth-order valence-corrected chi connectivity index (χ4v) is 3.40. The van der Waals surface area contributed by atoms with Crippen molar-refractivity contribution < 1.29 is 4.79 Å². The van der Waals surface area contributed by atoms with Gasteiger partial charge in [0.25, 0.3) is 5.91 Å². The van der Waals surface area contributed by atoms with Gasteiger partial charge in [-0.25, -0.2) is 15.0 Å². The summed E-state index contributed by atoms with van der Waals surface area (Å²) in [5.74, 6) is 0.863. The first-order chi connectivity index (χ1) is 14.0. The third-order valence-corrected chi connectivity index (χ3v) is 5.43. The van der Waals surface area contributed by atoms with Crippen LogP contribution in [0.3, 0.4) is 0 Å². The third kappa shape index (κ3) is 4.35. The highest BCUT2D eigenvalue weighted by atomic mass is 16.1. The lowest BCUT2D eigenvalue weighted by Crippen LogP contribution is -2.44. The topological polar surface area (TPSA) is 74.2 Å². The van der Waals surface area contributed by atoms with E-state index in [1.807, 2.05) is 38.2 Å². The fraction of sp³-hybridized carbons (Fsp3) is 0.364. The predicted molar refractivity (Wildman–Crippen MR) is 114 cm³/mol. The number of pyridine rings is 1. The van der Waals surface area contributed by atoms with Crippen LogP contribution in [0.5, 0.6) is 0 Å². The van der Waals surface area contributed by atoms with E-state index < -0.39 is 0 Å². The number of fused-ring (bicyclic) bond motifs is 1. The van der Waals surface area contributed by atoms with E-state index in [2.05, 4.69) is 37.1 Å². The minimum absolute atomic E-state index is 0.130. The minimum atomic E-state index is -0.130. The quantitative estimate of drug-likeness (QED) is 0.737. The van der Waals surface area contributed by atoms with Gasteiger partial charge in [-0.05, 0) is 50.7 Å². The molecule has 0 radical (unpaired) electrons. The van der Waals surface area contributed by atoms with Crippen LogP contribution in [-0.2, 0) is 6.54 Å². The molecule has 0 aliphatic carbocycles. The van der Waals surface area contributed by atoms with Crippen LogP contribution in [0.2, 0.25) is 0 Å². The highest BCUT2D eigenvalue weighted by Gasteiger charge is 2.15. The number of nitrogens with zero attached hydrogens (tertiary/aromatic N) is 5. The van der Waals surface area contributed by atoms with Crippen LogP contribution in [0, 0.1) is 13.8 Å². The standard InChI is InChI=1S/C22H26N6O/c1-15-16(2)26-20-12-18(5-6-19(20)25-15)22(29)24-14-17-4-7-21(23-13-17)28-10-8-27(3)9-11-28/h4-7,12-13H,8-11,14H2,1-3H3,(H,24,29). The summed E-state index contributed by atoms with van der Waals surface area (Å²) >= 11 is 0. The largest absolute Gasteiger partial charge is 0.354 e. The number of amides is 1. The number of hydrogen-bond donors (Lipinski definition) is 1. The van der Waals surface area contributed by atoms with Crippen LogP contribution >= 0.6 is 0 Å². The Kier molecular flexibility index (Phi) is 5.40. The van der Waals surface area contributed by atoms with Gasteiger partial charge in [0, 0.05) is 44.5 Å². The van der Waals surface area contributed by atoms with E-state index in [1.54, 1.807) is 12.1 Å². The van der Waals surface area contributed by atoms with Gasteiger partial charge in [0.1, 0.15) is 5.82 Å². The van der Waals surface area contributed by atoms with Crippen molar-refractivity contribution >= 4 is 22.8 Å². The SMILES string of the molecule is Cc1nc2ccc(C(=O)NCc3ccc(N4CCN(C)CC4)nc3)cc2nc1C. The highest BCUT2D eigenvalue weighted by molar-refractivity contribution is 5.97. The smallest absolute Gasteiger partial charge is 0.251 e. The second-order valence-electron chi connectivity index (χ2n) is 7.60. The molecular formula is C22H26N6O. The van der Waals surface area contributed by atoms with Crippen molar-refractivity contribution in [1.82, 2.24) is 25.2 Å². The first-order valence-corrected chi connectivity index (χ1v) is 9.91. The molecule has 1 amide bonds. The van der Waals surface area contributed by atoms with Crippen molar-refractivity contribution in [2.75, 3.05) is 38.1 Å². The zero-order valence-corrected chi connectivity index (χ0v) is 17.1. The summed E-state index contributed by atoms with van der Waals surface area (Å²) in [6.07, 6.45) is 1.84. The van der Waals surface area contributed by atoms with Gasteiger partial charge >= 0.3 is 0 Å². The predicted octanol–water partition coefficient (Wildman–Crippen LogP) is 2.32. The molecule has 0 spiro atoms. The zero-order chi connectivity index (χ0) is 20.4. The lowest BCUT2D eigenvalue weighted by atomic mass is 10.1. The molecule has 7 heteroatoms. The van der Waals surface area contributed by atoms with E-state index in [4.69, 9.17) is 0 Å². The molecular weight excluding hydrogens is 364 g/mol. The molecule has 0 saturated carbocycles. The molecule has 1 saturated heterocycles. The van der Waals surface area contributed by atoms with E-state index >= 15 is 0 Å². The Bertz CT molecular complexity index is 1030. The molecule has 3 heterocycles. The summed E-state index contributed by atoms with van der Waals surface area (Å²) in [6.45, 7) is 8.38. The number of hydrogen-bond acceptors (Lipinski definition) is 6. The molecule has 2 aromatic heterocycles.